The highest BCUT2D eigenvalue weighted by Gasteiger charge is 2.26. The molecule has 4 rings (SSSR count). The van der Waals surface area contributed by atoms with E-state index in [0.29, 0.717) is 22.3 Å². The fourth-order valence-electron chi connectivity index (χ4n) is 3.81. The summed E-state index contributed by atoms with van der Waals surface area (Å²) in [6.07, 6.45) is 4.02. The average molecular weight is 467 g/mol. The molecule has 0 unspecified atom stereocenters. The highest BCUT2D eigenvalue weighted by atomic mass is 32.2. The minimum absolute atomic E-state index is 0.131. The van der Waals surface area contributed by atoms with Crippen LogP contribution < -0.4 is 10.6 Å². The lowest BCUT2D eigenvalue weighted by Gasteiger charge is -2.13. The van der Waals surface area contributed by atoms with Crippen molar-refractivity contribution in [1.29, 1.82) is 0 Å². The van der Waals surface area contributed by atoms with Gasteiger partial charge in [0.15, 0.2) is 5.16 Å². The number of aromatic nitrogens is 2. The van der Waals surface area contributed by atoms with Crippen LogP contribution in [0.25, 0.3) is 0 Å². The number of carbonyl (C=O) groups is 2. The van der Waals surface area contributed by atoms with E-state index in [-0.39, 0.29) is 17.6 Å². The molecule has 1 aliphatic rings. The van der Waals surface area contributed by atoms with Gasteiger partial charge in [-0.1, -0.05) is 42.1 Å². The first-order valence-corrected chi connectivity index (χ1v) is 12.5. The number of amides is 2. The number of thioether (sulfide) groups is 1. The van der Waals surface area contributed by atoms with Crippen molar-refractivity contribution in [2.45, 2.75) is 51.2 Å². The molecular weight excluding hydrogens is 440 g/mol. The number of anilines is 1. The van der Waals surface area contributed by atoms with Gasteiger partial charge in [0.25, 0.3) is 5.91 Å². The van der Waals surface area contributed by atoms with E-state index in [9.17, 15) is 9.59 Å². The molecule has 1 aliphatic carbocycles. The molecule has 6 nitrogen and oxygen atoms in total. The van der Waals surface area contributed by atoms with E-state index in [0.717, 1.165) is 48.2 Å². The number of thiophene rings is 1. The summed E-state index contributed by atoms with van der Waals surface area (Å²) in [7, 11) is 0. The van der Waals surface area contributed by atoms with Gasteiger partial charge >= 0.3 is 0 Å². The Kier molecular flexibility index (Phi) is 7.22. The van der Waals surface area contributed by atoms with Crippen molar-refractivity contribution in [2.75, 3.05) is 11.1 Å². The molecule has 0 bridgehead atoms. The van der Waals surface area contributed by atoms with Crippen molar-refractivity contribution in [1.82, 2.24) is 15.3 Å². The summed E-state index contributed by atoms with van der Waals surface area (Å²) < 4.78 is 0. The number of hydrogen-bond acceptors (Lipinski definition) is 6. The molecular formula is C24H26N4O2S2. The van der Waals surface area contributed by atoms with Crippen LogP contribution in [0.4, 0.5) is 5.00 Å². The van der Waals surface area contributed by atoms with E-state index in [1.54, 1.807) is 0 Å². The number of benzene rings is 1. The number of fused-ring (bicyclic) bond motifs is 1. The molecule has 0 radical (unpaired) electrons. The van der Waals surface area contributed by atoms with Crippen molar-refractivity contribution in [3.05, 3.63) is 69.4 Å². The van der Waals surface area contributed by atoms with Crippen LogP contribution in [0.5, 0.6) is 0 Å². The maximum absolute atomic E-state index is 13.1. The van der Waals surface area contributed by atoms with Crippen molar-refractivity contribution >= 4 is 39.9 Å². The summed E-state index contributed by atoms with van der Waals surface area (Å²) in [6, 6.07) is 11.7. The van der Waals surface area contributed by atoms with Crippen LogP contribution in [0.2, 0.25) is 0 Å². The van der Waals surface area contributed by atoms with Crippen LogP contribution in [0.1, 0.15) is 50.6 Å². The van der Waals surface area contributed by atoms with E-state index in [1.807, 2.05) is 50.2 Å². The van der Waals surface area contributed by atoms with E-state index in [2.05, 4.69) is 20.6 Å². The van der Waals surface area contributed by atoms with Gasteiger partial charge in [0, 0.05) is 22.8 Å². The molecule has 1 aromatic carbocycles. The molecule has 0 fully saturated rings. The van der Waals surface area contributed by atoms with Crippen molar-refractivity contribution in [2.24, 2.45) is 0 Å². The zero-order valence-corrected chi connectivity index (χ0v) is 19.9. The van der Waals surface area contributed by atoms with E-state index >= 15 is 0 Å². The third-order valence-corrected chi connectivity index (χ3v) is 7.30. The number of nitrogens with zero attached hydrogens (tertiary/aromatic N) is 2. The fraction of sp³-hybridized carbons (Fsp3) is 0.333. The minimum Gasteiger partial charge on any atom is -0.348 e. The number of rotatable bonds is 7. The van der Waals surface area contributed by atoms with Crippen LogP contribution in [-0.2, 0) is 24.2 Å². The van der Waals surface area contributed by atoms with Gasteiger partial charge in [0.2, 0.25) is 5.91 Å². The zero-order chi connectivity index (χ0) is 22.5. The van der Waals surface area contributed by atoms with E-state index < -0.39 is 0 Å². The fourth-order valence-corrected chi connectivity index (χ4v) is 5.86. The van der Waals surface area contributed by atoms with E-state index in [4.69, 9.17) is 0 Å². The summed E-state index contributed by atoms with van der Waals surface area (Å²) in [6.45, 7) is 4.28. The van der Waals surface area contributed by atoms with Gasteiger partial charge in [-0.05, 0) is 56.7 Å². The van der Waals surface area contributed by atoms with Crippen molar-refractivity contribution in [3.63, 3.8) is 0 Å². The smallest absolute Gasteiger partial charge is 0.254 e. The zero-order valence-electron chi connectivity index (χ0n) is 18.2. The Bertz CT molecular complexity index is 1110. The SMILES string of the molecule is Cc1cc(C)nc(SCC(=O)Nc2sc3c(c2C(=O)NCc2ccccc2)CCCC3)n1. The third kappa shape index (κ3) is 5.55. The second-order valence-electron chi connectivity index (χ2n) is 7.85. The molecule has 0 saturated heterocycles. The monoisotopic (exact) mass is 466 g/mol. The number of hydrogen-bond donors (Lipinski definition) is 2. The second-order valence-corrected chi connectivity index (χ2v) is 9.90. The molecule has 0 aliphatic heterocycles. The molecule has 0 atom stereocenters. The molecule has 2 N–H and O–H groups in total. The topological polar surface area (TPSA) is 84.0 Å². The number of carbonyl (C=O) groups excluding carboxylic acids is 2. The Balaban J connectivity index is 1.47. The van der Waals surface area contributed by atoms with Crippen LogP contribution in [0.15, 0.2) is 41.6 Å². The third-order valence-electron chi connectivity index (χ3n) is 5.24. The Morgan fingerprint density at radius 1 is 1.06 bits per heavy atom. The Labute approximate surface area is 196 Å². The van der Waals surface area contributed by atoms with Gasteiger partial charge < -0.3 is 10.6 Å². The number of aryl methyl sites for hydroxylation is 3. The predicted octanol–water partition coefficient (Wildman–Crippen LogP) is 4.69. The molecule has 166 valence electrons. The van der Waals surface area contributed by atoms with Crippen LogP contribution in [0.3, 0.4) is 0 Å². The van der Waals surface area contributed by atoms with Gasteiger partial charge in [0.1, 0.15) is 5.00 Å². The lowest BCUT2D eigenvalue weighted by Crippen LogP contribution is -2.25. The van der Waals surface area contributed by atoms with Crippen LogP contribution >= 0.6 is 23.1 Å². The lowest BCUT2D eigenvalue weighted by atomic mass is 9.95. The van der Waals surface area contributed by atoms with Gasteiger partial charge in [-0.3, -0.25) is 9.59 Å². The molecule has 32 heavy (non-hydrogen) atoms. The molecule has 2 heterocycles. The highest BCUT2D eigenvalue weighted by molar-refractivity contribution is 7.99. The van der Waals surface area contributed by atoms with Gasteiger partial charge in [-0.2, -0.15) is 0 Å². The standard InChI is InChI=1S/C24H26N4O2S2/c1-15-12-16(2)27-24(26-15)31-14-20(29)28-23-21(18-10-6-7-11-19(18)32-23)22(30)25-13-17-8-4-3-5-9-17/h3-5,8-9,12H,6-7,10-11,13-14H2,1-2H3,(H,25,30)(H,28,29). The first kappa shape index (κ1) is 22.5. The Morgan fingerprint density at radius 3 is 2.53 bits per heavy atom. The predicted molar refractivity (Wildman–Crippen MR) is 129 cm³/mol. The largest absolute Gasteiger partial charge is 0.348 e. The summed E-state index contributed by atoms with van der Waals surface area (Å²) in [5.41, 5.74) is 4.52. The highest BCUT2D eigenvalue weighted by Crippen LogP contribution is 2.38. The molecule has 2 amide bonds. The summed E-state index contributed by atoms with van der Waals surface area (Å²) >= 11 is 2.84. The van der Waals surface area contributed by atoms with Gasteiger partial charge in [-0.25, -0.2) is 9.97 Å². The normalized spacial score (nSPS) is 12.8. The van der Waals surface area contributed by atoms with Gasteiger partial charge in [-0.15, -0.1) is 11.3 Å². The quantitative estimate of drug-likeness (QED) is 0.390. The summed E-state index contributed by atoms with van der Waals surface area (Å²) in [5, 5.41) is 7.25. The van der Waals surface area contributed by atoms with Gasteiger partial charge in [0.05, 0.1) is 11.3 Å². The molecule has 3 aromatic rings. The first-order valence-electron chi connectivity index (χ1n) is 10.7. The van der Waals surface area contributed by atoms with Crippen molar-refractivity contribution < 1.29 is 9.59 Å². The maximum Gasteiger partial charge on any atom is 0.254 e. The Morgan fingerprint density at radius 2 is 1.78 bits per heavy atom. The summed E-state index contributed by atoms with van der Waals surface area (Å²) in [4.78, 5) is 35.8. The van der Waals surface area contributed by atoms with Crippen LogP contribution in [0, 0.1) is 13.8 Å². The second kappa shape index (κ2) is 10.3. The minimum atomic E-state index is -0.159. The molecule has 8 heteroatoms. The average Bonchev–Trinajstić information content (AvgIpc) is 3.14. The first-order chi connectivity index (χ1) is 15.5. The number of nitrogens with one attached hydrogen (secondary N) is 2. The molecule has 2 aromatic heterocycles. The summed E-state index contributed by atoms with van der Waals surface area (Å²) in [5.74, 6) is -0.0985. The Hall–Kier alpha value is -2.71. The van der Waals surface area contributed by atoms with E-state index in [1.165, 1.54) is 28.0 Å². The van der Waals surface area contributed by atoms with Crippen molar-refractivity contribution in [3.8, 4) is 0 Å². The maximum atomic E-state index is 13.1. The van der Waals surface area contributed by atoms with Crippen LogP contribution in [-0.4, -0.2) is 27.5 Å². The molecule has 0 spiro atoms. The lowest BCUT2D eigenvalue weighted by molar-refractivity contribution is -0.113. The molecule has 0 saturated carbocycles.